The lowest BCUT2D eigenvalue weighted by atomic mass is 10.1. The van der Waals surface area contributed by atoms with E-state index in [0.717, 1.165) is 10.6 Å². The van der Waals surface area contributed by atoms with E-state index in [1.807, 2.05) is 58.0 Å². The van der Waals surface area contributed by atoms with Crippen LogP contribution in [0.2, 0.25) is 0 Å². The van der Waals surface area contributed by atoms with Crippen molar-refractivity contribution in [2.45, 2.75) is 82.6 Å². The lowest BCUT2D eigenvalue weighted by molar-refractivity contribution is -0.560. The molecule has 0 aliphatic carbocycles. The zero-order valence-corrected chi connectivity index (χ0v) is 21.1. The first-order valence-electron chi connectivity index (χ1n) is 11.5. The molecule has 0 aromatic heterocycles. The van der Waals surface area contributed by atoms with Crippen molar-refractivity contribution in [3.8, 4) is 0 Å². The minimum Gasteiger partial charge on any atom is -0.468 e. The van der Waals surface area contributed by atoms with Crippen molar-refractivity contribution < 1.29 is 33.1 Å². The molecule has 8 heteroatoms. The summed E-state index contributed by atoms with van der Waals surface area (Å²) in [5.74, 6) is -1.19. The fraction of sp³-hybridized carbons (Fsp3) is 0.640. The average molecular weight is 479 g/mol. The molecule has 2 heterocycles. The van der Waals surface area contributed by atoms with E-state index >= 15 is 0 Å². The Morgan fingerprint density at radius 3 is 2.48 bits per heavy atom. The minimum atomic E-state index is -0.671. The van der Waals surface area contributed by atoms with Crippen LogP contribution < -0.4 is 0 Å². The smallest absolute Gasteiger partial charge is 0.375 e. The predicted molar refractivity (Wildman–Crippen MR) is 127 cm³/mol. The third-order valence-corrected chi connectivity index (χ3v) is 7.13. The van der Waals surface area contributed by atoms with Crippen LogP contribution in [0.5, 0.6) is 0 Å². The third kappa shape index (κ3) is 7.29. The highest BCUT2D eigenvalue weighted by molar-refractivity contribution is 8.14. The maximum atomic E-state index is 13.0. The van der Waals surface area contributed by atoms with E-state index in [1.54, 1.807) is 0 Å². The van der Waals surface area contributed by atoms with Gasteiger partial charge in [-0.05, 0) is 45.9 Å². The number of hydrogen-bond donors (Lipinski definition) is 0. The number of nitrogens with zero attached hydrogens (tertiary/aromatic N) is 1. The fourth-order valence-corrected chi connectivity index (χ4v) is 5.39. The van der Waals surface area contributed by atoms with Gasteiger partial charge in [-0.3, -0.25) is 4.79 Å². The van der Waals surface area contributed by atoms with E-state index in [1.165, 1.54) is 18.9 Å². The number of methoxy groups -OCH3 is 1. The first kappa shape index (κ1) is 25.7. The molecule has 1 aromatic carbocycles. The van der Waals surface area contributed by atoms with Crippen molar-refractivity contribution in [3.05, 3.63) is 35.9 Å². The van der Waals surface area contributed by atoms with Gasteiger partial charge in [0.2, 0.25) is 5.04 Å². The Labute approximate surface area is 200 Å². The van der Waals surface area contributed by atoms with Crippen molar-refractivity contribution in [1.82, 2.24) is 0 Å². The fourth-order valence-electron chi connectivity index (χ4n) is 4.07. The first-order valence-corrected chi connectivity index (χ1v) is 12.4. The second-order valence-corrected chi connectivity index (χ2v) is 10.9. The molecule has 1 fully saturated rings. The Morgan fingerprint density at radius 2 is 1.88 bits per heavy atom. The monoisotopic (exact) mass is 478 g/mol. The van der Waals surface area contributed by atoms with Crippen LogP contribution in [0.25, 0.3) is 0 Å². The topological polar surface area (TPSA) is 74.1 Å². The van der Waals surface area contributed by atoms with E-state index in [9.17, 15) is 9.59 Å². The van der Waals surface area contributed by atoms with Crippen molar-refractivity contribution in [2.24, 2.45) is 0 Å². The number of carbonyl (C=O) groups is 2. The van der Waals surface area contributed by atoms with Gasteiger partial charge in [0, 0.05) is 24.8 Å². The number of benzene rings is 1. The molecular weight excluding hydrogens is 442 g/mol. The molecule has 0 bridgehead atoms. The molecule has 7 nitrogen and oxygen atoms in total. The van der Waals surface area contributed by atoms with Gasteiger partial charge < -0.3 is 18.9 Å². The number of esters is 2. The highest BCUT2D eigenvalue weighted by Crippen LogP contribution is 2.32. The summed E-state index contributed by atoms with van der Waals surface area (Å²) in [6, 6.07) is 9.64. The van der Waals surface area contributed by atoms with Gasteiger partial charge in [-0.1, -0.05) is 30.3 Å². The molecule has 0 N–H and O–H groups in total. The van der Waals surface area contributed by atoms with Gasteiger partial charge in [-0.15, -0.1) is 0 Å². The normalized spacial score (nSPS) is 21.2. The molecule has 0 saturated carbocycles. The van der Waals surface area contributed by atoms with E-state index < -0.39 is 16.6 Å². The third-order valence-electron chi connectivity index (χ3n) is 5.70. The zero-order valence-electron chi connectivity index (χ0n) is 20.3. The van der Waals surface area contributed by atoms with Crippen LogP contribution in [0.1, 0.15) is 58.9 Å². The molecule has 33 heavy (non-hydrogen) atoms. The molecule has 2 unspecified atom stereocenters. The second-order valence-electron chi connectivity index (χ2n) is 9.59. The van der Waals surface area contributed by atoms with E-state index in [4.69, 9.17) is 18.9 Å². The highest BCUT2D eigenvalue weighted by atomic mass is 32.2. The Hall–Kier alpha value is -1.90. The lowest BCUT2D eigenvalue weighted by Gasteiger charge is -2.24. The van der Waals surface area contributed by atoms with Gasteiger partial charge in [0.1, 0.15) is 10.9 Å². The molecule has 1 saturated heterocycles. The van der Waals surface area contributed by atoms with Crippen LogP contribution in [0.4, 0.5) is 0 Å². The van der Waals surface area contributed by atoms with E-state index in [2.05, 4.69) is 4.58 Å². The van der Waals surface area contributed by atoms with Gasteiger partial charge in [0.15, 0.2) is 12.3 Å². The number of rotatable bonds is 8. The summed E-state index contributed by atoms with van der Waals surface area (Å²) in [6.07, 6.45) is 2.50. The van der Waals surface area contributed by atoms with Crippen LogP contribution in [0, 0.1) is 0 Å². The molecule has 2 atom stereocenters. The Balaban J connectivity index is 1.83. The van der Waals surface area contributed by atoms with Gasteiger partial charge in [-0.25, -0.2) is 9.37 Å². The van der Waals surface area contributed by atoms with Crippen LogP contribution in [-0.2, 0) is 35.1 Å². The Morgan fingerprint density at radius 1 is 1.21 bits per heavy atom. The number of hydrogen-bond acceptors (Lipinski definition) is 7. The summed E-state index contributed by atoms with van der Waals surface area (Å²) in [4.78, 5) is 25.6. The van der Waals surface area contributed by atoms with Gasteiger partial charge in [-0.2, -0.15) is 0 Å². The molecule has 3 rings (SSSR count). The standard InChI is InChI=1S/C25H36NO6S/c1-24(2,3)32-22(27)19-11-12-21(26(19)17-18-9-7-6-8-10-18)33-20(23(28)29-5)13-14-25(4)30-15-16-31-25/h6-10,19-20H,11-17H2,1-5H3/q+1. The molecular formula is C25H36NO6S+. The van der Waals surface area contributed by atoms with Crippen molar-refractivity contribution >= 4 is 28.7 Å². The molecule has 2 aliphatic rings. The van der Waals surface area contributed by atoms with Crippen LogP contribution in [0.3, 0.4) is 0 Å². The Bertz CT molecular complexity index is 857. The lowest BCUT2D eigenvalue weighted by Crippen LogP contribution is -2.37. The zero-order chi connectivity index (χ0) is 24.1. The number of thioether (sulfide) groups is 1. The summed E-state index contributed by atoms with van der Waals surface area (Å²) in [6.45, 7) is 9.23. The molecule has 0 radical (unpaired) electrons. The summed E-state index contributed by atoms with van der Waals surface area (Å²) in [7, 11) is 1.41. The predicted octanol–water partition coefficient (Wildman–Crippen LogP) is 3.92. The maximum Gasteiger partial charge on any atom is 0.375 e. The average Bonchev–Trinajstić information content (AvgIpc) is 3.37. The number of carbonyl (C=O) groups excluding carboxylic acids is 2. The number of ether oxygens (including phenoxy) is 4. The first-order chi connectivity index (χ1) is 15.6. The van der Waals surface area contributed by atoms with Crippen LogP contribution in [-0.4, -0.2) is 64.6 Å². The SMILES string of the molecule is COC(=O)C(CCC1(C)OCCO1)SC1=[N+](Cc2ccccc2)C(C(=O)OC(C)(C)C)CC1. The van der Waals surface area contributed by atoms with Crippen molar-refractivity contribution in [1.29, 1.82) is 0 Å². The van der Waals surface area contributed by atoms with Crippen molar-refractivity contribution in [2.75, 3.05) is 20.3 Å². The van der Waals surface area contributed by atoms with E-state index in [-0.39, 0.29) is 18.0 Å². The summed E-state index contributed by atoms with van der Waals surface area (Å²) >= 11 is 1.48. The molecule has 0 spiro atoms. The van der Waals surface area contributed by atoms with Gasteiger partial charge in [0.25, 0.3) is 6.04 Å². The molecule has 2 aliphatic heterocycles. The summed E-state index contributed by atoms with van der Waals surface area (Å²) < 4.78 is 24.3. The quantitative estimate of drug-likeness (QED) is 0.414. The summed E-state index contributed by atoms with van der Waals surface area (Å²) in [5, 5.41) is 0.591. The van der Waals surface area contributed by atoms with Gasteiger partial charge in [0.05, 0.1) is 20.3 Å². The van der Waals surface area contributed by atoms with Gasteiger partial charge >= 0.3 is 11.9 Å². The maximum absolute atomic E-state index is 13.0. The largest absolute Gasteiger partial charge is 0.468 e. The van der Waals surface area contributed by atoms with Crippen LogP contribution in [0.15, 0.2) is 30.3 Å². The molecule has 1 aromatic rings. The molecule has 182 valence electrons. The highest BCUT2D eigenvalue weighted by Gasteiger charge is 2.43. The van der Waals surface area contributed by atoms with E-state index in [0.29, 0.717) is 45.4 Å². The Kier molecular flexibility index (Phi) is 8.59. The minimum absolute atomic E-state index is 0.232. The van der Waals surface area contributed by atoms with Crippen molar-refractivity contribution in [3.63, 3.8) is 0 Å². The molecule has 0 amide bonds. The second kappa shape index (κ2) is 11.0. The summed E-state index contributed by atoms with van der Waals surface area (Å²) in [5.41, 5.74) is 0.539. The van der Waals surface area contributed by atoms with Crippen LogP contribution >= 0.6 is 11.8 Å².